The first-order chi connectivity index (χ1) is 9.68. The quantitative estimate of drug-likeness (QED) is 0.919. The zero-order valence-electron chi connectivity index (χ0n) is 12.7. The molecule has 0 spiro atoms. The molecule has 0 saturated carbocycles. The fourth-order valence-corrected chi connectivity index (χ4v) is 4.12. The summed E-state index contributed by atoms with van der Waals surface area (Å²) in [4.78, 5) is 2.68. The number of likely N-dealkylation sites (tertiary alicyclic amines) is 1. The van der Waals surface area contributed by atoms with Crippen LogP contribution in [-0.4, -0.2) is 36.7 Å². The molecule has 2 aliphatic rings. The molecule has 0 radical (unpaired) electrons. The van der Waals surface area contributed by atoms with Crippen LogP contribution in [0.2, 0.25) is 0 Å². The topological polar surface area (TPSA) is 38.5 Å². The Balaban J connectivity index is 1.91. The standard InChI is InChI=1S/C17H26N2O/c1-13-4-3-9-19(13)17(12-18)8-7-14-5-6-16(20-2)10-15(14)11-17/h5-6,10,13H,3-4,7-9,11-12,18H2,1-2H3. The number of rotatable bonds is 3. The summed E-state index contributed by atoms with van der Waals surface area (Å²) in [6.45, 7) is 4.32. The summed E-state index contributed by atoms with van der Waals surface area (Å²) in [5, 5.41) is 0. The maximum Gasteiger partial charge on any atom is 0.119 e. The van der Waals surface area contributed by atoms with Crippen molar-refractivity contribution in [1.29, 1.82) is 0 Å². The van der Waals surface area contributed by atoms with Crippen LogP contribution in [0.15, 0.2) is 18.2 Å². The molecular formula is C17H26N2O. The molecule has 0 amide bonds. The Bertz CT molecular complexity index is 488. The molecule has 1 aliphatic carbocycles. The van der Waals surface area contributed by atoms with E-state index in [1.165, 1.54) is 36.9 Å². The lowest BCUT2D eigenvalue weighted by atomic mass is 9.76. The van der Waals surface area contributed by atoms with Crippen molar-refractivity contribution in [3.05, 3.63) is 29.3 Å². The highest BCUT2D eigenvalue weighted by atomic mass is 16.5. The minimum absolute atomic E-state index is 0.162. The van der Waals surface area contributed by atoms with E-state index < -0.39 is 0 Å². The van der Waals surface area contributed by atoms with Gasteiger partial charge in [0, 0.05) is 18.1 Å². The van der Waals surface area contributed by atoms with Gasteiger partial charge in [0.05, 0.1) is 7.11 Å². The molecule has 3 rings (SSSR count). The highest BCUT2D eigenvalue weighted by molar-refractivity contribution is 5.39. The van der Waals surface area contributed by atoms with Gasteiger partial charge in [0.25, 0.3) is 0 Å². The van der Waals surface area contributed by atoms with Crippen LogP contribution in [0.1, 0.15) is 37.3 Å². The summed E-state index contributed by atoms with van der Waals surface area (Å²) < 4.78 is 5.38. The highest BCUT2D eigenvalue weighted by Gasteiger charge is 2.42. The van der Waals surface area contributed by atoms with E-state index in [9.17, 15) is 0 Å². The number of methoxy groups -OCH3 is 1. The van der Waals surface area contributed by atoms with Gasteiger partial charge < -0.3 is 10.5 Å². The molecule has 1 aromatic carbocycles. The third kappa shape index (κ3) is 2.23. The van der Waals surface area contributed by atoms with Crippen LogP contribution < -0.4 is 10.5 Å². The zero-order chi connectivity index (χ0) is 14.2. The Hall–Kier alpha value is -1.06. The van der Waals surface area contributed by atoms with E-state index >= 15 is 0 Å². The third-order valence-electron chi connectivity index (χ3n) is 5.33. The molecule has 3 nitrogen and oxygen atoms in total. The van der Waals surface area contributed by atoms with Crippen LogP contribution >= 0.6 is 0 Å². The molecule has 0 aromatic heterocycles. The second kappa shape index (κ2) is 5.38. The molecule has 2 N–H and O–H groups in total. The Morgan fingerprint density at radius 3 is 2.90 bits per heavy atom. The predicted octanol–water partition coefficient (Wildman–Crippen LogP) is 2.37. The van der Waals surface area contributed by atoms with Crippen molar-refractivity contribution >= 4 is 0 Å². The van der Waals surface area contributed by atoms with E-state index in [-0.39, 0.29) is 5.54 Å². The summed E-state index contributed by atoms with van der Waals surface area (Å²) in [5.41, 5.74) is 9.30. The van der Waals surface area contributed by atoms with Crippen molar-refractivity contribution in [2.75, 3.05) is 20.2 Å². The molecule has 110 valence electrons. The number of hydrogen-bond donors (Lipinski definition) is 1. The van der Waals surface area contributed by atoms with E-state index in [0.29, 0.717) is 6.04 Å². The number of hydrogen-bond acceptors (Lipinski definition) is 3. The van der Waals surface area contributed by atoms with Crippen LogP contribution in [0, 0.1) is 0 Å². The lowest BCUT2D eigenvalue weighted by molar-refractivity contribution is 0.0729. The van der Waals surface area contributed by atoms with Crippen LogP contribution in [0.25, 0.3) is 0 Å². The number of nitrogens with two attached hydrogens (primary N) is 1. The van der Waals surface area contributed by atoms with E-state index in [2.05, 4.69) is 30.0 Å². The molecule has 1 fully saturated rings. The molecule has 2 unspecified atom stereocenters. The van der Waals surface area contributed by atoms with Gasteiger partial charge in [-0.1, -0.05) is 6.07 Å². The third-order valence-corrected chi connectivity index (χ3v) is 5.33. The summed E-state index contributed by atoms with van der Waals surface area (Å²) >= 11 is 0. The molecule has 20 heavy (non-hydrogen) atoms. The minimum atomic E-state index is 0.162. The van der Waals surface area contributed by atoms with Crippen molar-refractivity contribution < 1.29 is 4.74 Å². The van der Waals surface area contributed by atoms with Crippen molar-refractivity contribution in [3.63, 3.8) is 0 Å². The average Bonchev–Trinajstić information content (AvgIpc) is 2.92. The average molecular weight is 274 g/mol. The lowest BCUT2D eigenvalue weighted by Gasteiger charge is -2.46. The summed E-state index contributed by atoms with van der Waals surface area (Å²) in [6, 6.07) is 7.18. The minimum Gasteiger partial charge on any atom is -0.497 e. The number of benzene rings is 1. The van der Waals surface area contributed by atoms with E-state index in [1.54, 1.807) is 7.11 Å². The van der Waals surface area contributed by atoms with Gasteiger partial charge >= 0.3 is 0 Å². The Morgan fingerprint density at radius 1 is 1.40 bits per heavy atom. The molecule has 3 heteroatoms. The van der Waals surface area contributed by atoms with E-state index in [4.69, 9.17) is 10.5 Å². The predicted molar refractivity (Wildman–Crippen MR) is 82.2 cm³/mol. The largest absolute Gasteiger partial charge is 0.497 e. The fourth-order valence-electron chi connectivity index (χ4n) is 4.12. The number of fused-ring (bicyclic) bond motifs is 1. The molecular weight excluding hydrogens is 248 g/mol. The van der Waals surface area contributed by atoms with Gasteiger partial charge in [0.1, 0.15) is 5.75 Å². The first-order valence-corrected chi connectivity index (χ1v) is 7.81. The zero-order valence-corrected chi connectivity index (χ0v) is 12.7. The summed E-state index contributed by atoms with van der Waals surface area (Å²) in [5.74, 6) is 0.964. The molecule has 2 atom stereocenters. The molecule has 1 aliphatic heterocycles. The summed E-state index contributed by atoms with van der Waals surface area (Å²) in [7, 11) is 1.74. The van der Waals surface area contributed by atoms with E-state index in [1.807, 2.05) is 0 Å². The van der Waals surface area contributed by atoms with Crippen molar-refractivity contribution in [2.24, 2.45) is 5.73 Å². The maximum atomic E-state index is 6.24. The number of ether oxygens (including phenoxy) is 1. The maximum absolute atomic E-state index is 6.24. The van der Waals surface area contributed by atoms with Crippen LogP contribution in [0.4, 0.5) is 0 Å². The van der Waals surface area contributed by atoms with Crippen molar-refractivity contribution in [1.82, 2.24) is 4.90 Å². The number of nitrogens with zero attached hydrogens (tertiary/aromatic N) is 1. The molecule has 1 aromatic rings. The number of aryl methyl sites for hydroxylation is 1. The van der Waals surface area contributed by atoms with Gasteiger partial charge in [-0.05, 0) is 68.8 Å². The molecule has 1 saturated heterocycles. The van der Waals surface area contributed by atoms with E-state index in [0.717, 1.165) is 25.1 Å². The van der Waals surface area contributed by atoms with Crippen LogP contribution in [-0.2, 0) is 12.8 Å². The molecule has 0 bridgehead atoms. The second-order valence-electron chi connectivity index (χ2n) is 6.42. The fraction of sp³-hybridized carbons (Fsp3) is 0.647. The van der Waals surface area contributed by atoms with Gasteiger partial charge in [-0.25, -0.2) is 0 Å². The normalized spacial score (nSPS) is 30.2. The first-order valence-electron chi connectivity index (χ1n) is 7.81. The Kier molecular flexibility index (Phi) is 3.74. The highest BCUT2D eigenvalue weighted by Crippen LogP contribution is 2.38. The van der Waals surface area contributed by atoms with Gasteiger partial charge in [0.2, 0.25) is 0 Å². The summed E-state index contributed by atoms with van der Waals surface area (Å²) in [6.07, 6.45) is 6.02. The van der Waals surface area contributed by atoms with Crippen LogP contribution in [0.3, 0.4) is 0 Å². The monoisotopic (exact) mass is 274 g/mol. The molecule has 1 heterocycles. The second-order valence-corrected chi connectivity index (χ2v) is 6.42. The van der Waals surface area contributed by atoms with Crippen molar-refractivity contribution in [2.45, 2.75) is 50.6 Å². The first kappa shape index (κ1) is 13.9. The van der Waals surface area contributed by atoms with Gasteiger partial charge in [0.15, 0.2) is 0 Å². The Morgan fingerprint density at radius 2 is 2.25 bits per heavy atom. The van der Waals surface area contributed by atoms with Gasteiger partial charge in [-0.15, -0.1) is 0 Å². The van der Waals surface area contributed by atoms with Crippen LogP contribution in [0.5, 0.6) is 5.75 Å². The Labute approximate surface area is 122 Å². The van der Waals surface area contributed by atoms with Crippen molar-refractivity contribution in [3.8, 4) is 5.75 Å². The smallest absolute Gasteiger partial charge is 0.119 e. The SMILES string of the molecule is COc1ccc2c(c1)CC(CN)(N1CCCC1C)CC2. The van der Waals surface area contributed by atoms with Gasteiger partial charge in [-0.3, -0.25) is 4.90 Å². The van der Waals surface area contributed by atoms with Gasteiger partial charge in [-0.2, -0.15) is 0 Å². The lowest BCUT2D eigenvalue weighted by Crippen LogP contribution is -2.58.